The smallest absolute Gasteiger partial charge is 0.409 e. The highest BCUT2D eigenvalue weighted by molar-refractivity contribution is 7.85. The lowest BCUT2D eigenvalue weighted by Gasteiger charge is -2.32. The van der Waals surface area contributed by atoms with Crippen LogP contribution in [0.5, 0.6) is 5.75 Å². The van der Waals surface area contributed by atoms with Gasteiger partial charge in [-0.25, -0.2) is 18.4 Å². The van der Waals surface area contributed by atoms with Gasteiger partial charge in [0.25, 0.3) is 0 Å². The molecule has 2 unspecified atom stereocenters. The number of ether oxygens (including phenoxy) is 2. The van der Waals surface area contributed by atoms with Crippen LogP contribution >= 0.6 is 0 Å². The highest BCUT2D eigenvalue weighted by Crippen LogP contribution is 2.52. The monoisotopic (exact) mass is 667 g/mol. The van der Waals surface area contributed by atoms with Gasteiger partial charge in [-0.2, -0.15) is 23.4 Å². The maximum Gasteiger partial charge on any atom is 0.409 e. The molecule has 2 fully saturated rings. The van der Waals surface area contributed by atoms with Crippen LogP contribution in [0.1, 0.15) is 35.1 Å². The topological polar surface area (TPSA) is 139 Å². The van der Waals surface area contributed by atoms with E-state index in [4.69, 9.17) is 23.9 Å². The molecule has 2 amide bonds. The Balaban J connectivity index is 1.28. The van der Waals surface area contributed by atoms with E-state index in [1.807, 2.05) is 24.3 Å². The van der Waals surface area contributed by atoms with Crippen molar-refractivity contribution in [3.05, 3.63) is 94.6 Å². The largest absolute Gasteiger partial charge is 0.453 e. The first kappa shape index (κ1) is 31.0. The maximum atomic E-state index is 14.4. The van der Waals surface area contributed by atoms with E-state index in [9.17, 15) is 26.8 Å². The van der Waals surface area contributed by atoms with E-state index in [2.05, 4.69) is 4.72 Å². The third-order valence-electron chi connectivity index (χ3n) is 9.85. The number of azo groups is 1. The number of para-hydroxylation sites is 1. The van der Waals surface area contributed by atoms with Gasteiger partial charge in [-0.1, -0.05) is 42.5 Å². The lowest BCUT2D eigenvalue weighted by molar-refractivity contribution is 0.111. The number of nitrogens with zero attached hydrogens (tertiary/aromatic N) is 4. The zero-order chi connectivity index (χ0) is 33.1. The molecule has 0 saturated carbocycles. The van der Waals surface area contributed by atoms with E-state index in [0.29, 0.717) is 36.2 Å². The van der Waals surface area contributed by atoms with Crippen LogP contribution in [-0.4, -0.2) is 69.8 Å². The standard InChI is InChI=1S/C32H31F2N5O7S/c1-44-29(40)38-15-13-31(21-8-4-3-7-19(21)17-26(31)38)36-35-25-12-5-9-22-20(25)18-27-32(22,14-16-39(27)30(41)45-2)37-47(42,43)46-28-23(33)10-6-11-24(28)34/h3-12,26-27,37H,13-18H2,1-2H3/t26?,27?,31-,32-/m0/s1. The van der Waals surface area contributed by atoms with Crippen molar-refractivity contribution < 1.29 is 40.4 Å². The molecule has 2 aliphatic carbocycles. The predicted octanol–water partition coefficient (Wildman–Crippen LogP) is 4.85. The van der Waals surface area contributed by atoms with Gasteiger partial charge in [0.05, 0.1) is 37.5 Å². The van der Waals surface area contributed by atoms with Gasteiger partial charge in [0, 0.05) is 13.1 Å². The molecule has 2 heterocycles. The number of hydrogen-bond acceptors (Lipinski definition) is 9. The number of methoxy groups -OCH3 is 2. The van der Waals surface area contributed by atoms with Crippen LogP contribution in [0.3, 0.4) is 0 Å². The van der Waals surface area contributed by atoms with Crippen molar-refractivity contribution in [2.24, 2.45) is 10.2 Å². The van der Waals surface area contributed by atoms with Crippen molar-refractivity contribution in [2.75, 3.05) is 27.3 Å². The minimum atomic E-state index is -4.84. The lowest BCUT2D eigenvalue weighted by atomic mass is 9.89. The Bertz CT molecular complexity index is 1910. The number of nitrogens with one attached hydrogen (secondary N) is 1. The van der Waals surface area contributed by atoms with E-state index in [1.54, 1.807) is 23.1 Å². The fourth-order valence-electron chi connectivity index (χ4n) is 7.85. The average Bonchev–Trinajstić information content (AvgIpc) is 3.77. The van der Waals surface area contributed by atoms with Crippen LogP contribution in [0, 0.1) is 11.6 Å². The first-order chi connectivity index (χ1) is 22.5. The predicted molar refractivity (Wildman–Crippen MR) is 162 cm³/mol. The number of carbonyl (C=O) groups is 2. The molecule has 1 N–H and O–H groups in total. The molecule has 3 aromatic rings. The highest BCUT2D eigenvalue weighted by Gasteiger charge is 2.59. The van der Waals surface area contributed by atoms with Crippen molar-refractivity contribution in [1.29, 1.82) is 0 Å². The zero-order valence-corrected chi connectivity index (χ0v) is 26.3. The highest BCUT2D eigenvalue weighted by atomic mass is 32.2. The number of carbonyl (C=O) groups excluding carboxylic acids is 2. The lowest BCUT2D eigenvalue weighted by Crippen LogP contribution is -2.53. The van der Waals surface area contributed by atoms with Crippen molar-refractivity contribution in [3.63, 3.8) is 0 Å². The van der Waals surface area contributed by atoms with Crippen molar-refractivity contribution in [1.82, 2.24) is 14.5 Å². The van der Waals surface area contributed by atoms with Crippen molar-refractivity contribution in [3.8, 4) is 5.75 Å². The molecule has 0 bridgehead atoms. The molecule has 4 aliphatic rings. The molecule has 2 saturated heterocycles. The van der Waals surface area contributed by atoms with Gasteiger partial charge in [0.1, 0.15) is 5.54 Å². The number of hydrogen-bond donors (Lipinski definition) is 1. The Kier molecular flexibility index (Phi) is 7.43. The molecule has 2 aliphatic heterocycles. The van der Waals surface area contributed by atoms with E-state index < -0.39 is 57.0 Å². The Morgan fingerprint density at radius 3 is 2.21 bits per heavy atom. The molecule has 3 aromatic carbocycles. The molecular formula is C32H31F2N5O7S. The molecule has 4 atom stereocenters. The third kappa shape index (κ3) is 4.82. The molecule has 12 nitrogen and oxygen atoms in total. The molecule has 0 radical (unpaired) electrons. The summed E-state index contributed by atoms with van der Waals surface area (Å²) in [5.41, 5.74) is 1.40. The van der Waals surface area contributed by atoms with Gasteiger partial charge < -0.3 is 23.5 Å². The van der Waals surface area contributed by atoms with Crippen LogP contribution in [0.25, 0.3) is 0 Å². The summed E-state index contributed by atoms with van der Waals surface area (Å²) in [6.45, 7) is 0.575. The van der Waals surface area contributed by atoms with Gasteiger partial charge in [0.2, 0.25) is 5.75 Å². The fourth-order valence-corrected chi connectivity index (χ4v) is 9.06. The molecule has 47 heavy (non-hydrogen) atoms. The van der Waals surface area contributed by atoms with Gasteiger partial charge in [-0.05, 0) is 66.1 Å². The summed E-state index contributed by atoms with van der Waals surface area (Å²) < 4.78 is 73.1. The summed E-state index contributed by atoms with van der Waals surface area (Å²) in [6.07, 6.45) is 0.303. The maximum absolute atomic E-state index is 14.4. The van der Waals surface area contributed by atoms with Crippen molar-refractivity contribution >= 4 is 28.2 Å². The Morgan fingerprint density at radius 1 is 0.851 bits per heavy atom. The Labute approximate surface area is 269 Å². The first-order valence-electron chi connectivity index (χ1n) is 15.0. The minimum absolute atomic E-state index is 0.121. The molecule has 246 valence electrons. The van der Waals surface area contributed by atoms with Gasteiger partial charge in [-0.15, -0.1) is 0 Å². The van der Waals surface area contributed by atoms with Crippen LogP contribution in [0.15, 0.2) is 70.9 Å². The van der Waals surface area contributed by atoms with E-state index in [1.165, 1.54) is 19.1 Å². The number of fused-ring (bicyclic) bond motifs is 6. The zero-order valence-electron chi connectivity index (χ0n) is 25.5. The third-order valence-corrected chi connectivity index (χ3v) is 10.9. The minimum Gasteiger partial charge on any atom is -0.453 e. The average molecular weight is 668 g/mol. The van der Waals surface area contributed by atoms with E-state index >= 15 is 0 Å². The van der Waals surface area contributed by atoms with Crippen LogP contribution in [-0.2, 0) is 43.7 Å². The van der Waals surface area contributed by atoms with Crippen LogP contribution < -0.4 is 8.91 Å². The summed E-state index contributed by atoms with van der Waals surface area (Å²) in [6, 6.07) is 14.8. The normalized spacial score (nSPS) is 25.8. The second-order valence-electron chi connectivity index (χ2n) is 12.0. The summed E-state index contributed by atoms with van der Waals surface area (Å²) in [5.74, 6) is -3.45. The summed E-state index contributed by atoms with van der Waals surface area (Å²) >= 11 is 0. The van der Waals surface area contributed by atoms with Gasteiger partial charge in [-0.3, -0.25) is 0 Å². The fraction of sp³-hybridized carbons (Fsp3) is 0.375. The van der Waals surface area contributed by atoms with Gasteiger partial charge in [0.15, 0.2) is 11.6 Å². The van der Waals surface area contributed by atoms with Gasteiger partial charge >= 0.3 is 22.5 Å². The Hall–Kier alpha value is -4.63. The molecule has 0 aromatic heterocycles. The van der Waals surface area contributed by atoms with E-state index in [0.717, 1.165) is 29.3 Å². The quantitative estimate of drug-likeness (QED) is 0.371. The van der Waals surface area contributed by atoms with Crippen LogP contribution in [0.4, 0.5) is 24.1 Å². The summed E-state index contributed by atoms with van der Waals surface area (Å²) in [7, 11) is -2.27. The molecule has 0 spiro atoms. The number of amides is 2. The SMILES string of the molecule is COC(=O)N1CC[C@]2(N=Nc3cccc4c3CC3N(C(=O)OC)CC[C@]43NS(=O)(=O)Oc3c(F)cccc3F)c3ccccc3CC12. The second kappa shape index (κ2) is 11.3. The number of likely N-dealkylation sites (tertiary alicyclic amines) is 2. The first-order valence-corrected chi connectivity index (χ1v) is 16.4. The summed E-state index contributed by atoms with van der Waals surface area (Å²) in [5, 5.41) is 9.68. The molecule has 7 rings (SSSR count). The number of benzene rings is 3. The summed E-state index contributed by atoms with van der Waals surface area (Å²) in [4.78, 5) is 28.6. The van der Waals surface area contributed by atoms with Crippen LogP contribution in [0.2, 0.25) is 0 Å². The molecule has 15 heteroatoms. The molecular weight excluding hydrogens is 636 g/mol. The van der Waals surface area contributed by atoms with Crippen molar-refractivity contribution in [2.45, 2.75) is 48.8 Å². The number of rotatable bonds is 6. The second-order valence-corrected chi connectivity index (χ2v) is 13.3. The van der Waals surface area contributed by atoms with E-state index in [-0.39, 0.29) is 25.4 Å². The number of halogens is 2. The Morgan fingerprint density at radius 2 is 1.49 bits per heavy atom.